The van der Waals surface area contributed by atoms with E-state index in [4.69, 9.17) is 0 Å². The van der Waals surface area contributed by atoms with Gasteiger partial charge in [-0.1, -0.05) is 121 Å². The lowest BCUT2D eigenvalue weighted by molar-refractivity contribution is 1.59. The monoisotopic (exact) mass is 538 g/mol. The van der Waals surface area contributed by atoms with Crippen molar-refractivity contribution in [3.63, 3.8) is 0 Å². The summed E-state index contributed by atoms with van der Waals surface area (Å²) in [6.45, 7) is 0. The fourth-order valence-corrected chi connectivity index (χ4v) is 5.40. The Morgan fingerprint density at radius 2 is 0.429 bits per heavy atom. The first-order valence-electron chi connectivity index (χ1n) is 14.3. The van der Waals surface area contributed by atoms with E-state index in [0.29, 0.717) is 0 Å². The molecule has 0 aromatic heterocycles. The number of anilines is 4. The Labute approximate surface area is 245 Å². The van der Waals surface area contributed by atoms with Crippen molar-refractivity contribution in [2.75, 3.05) is 10.6 Å². The zero-order valence-electron chi connectivity index (χ0n) is 23.2. The topological polar surface area (TPSA) is 24.1 Å². The highest BCUT2D eigenvalue weighted by molar-refractivity contribution is 5.90. The highest BCUT2D eigenvalue weighted by Gasteiger charge is 2.00. The summed E-state index contributed by atoms with van der Waals surface area (Å²) in [5.74, 6) is 0. The number of nitrogens with one attached hydrogen (secondary N) is 2. The van der Waals surface area contributed by atoms with Crippen LogP contribution >= 0.6 is 0 Å². The van der Waals surface area contributed by atoms with Crippen molar-refractivity contribution in [2.24, 2.45) is 0 Å². The van der Waals surface area contributed by atoms with Crippen LogP contribution in [0.25, 0.3) is 43.1 Å². The van der Waals surface area contributed by atoms with Crippen LogP contribution < -0.4 is 10.6 Å². The lowest BCUT2D eigenvalue weighted by Crippen LogP contribution is -1.90. The molecule has 0 radical (unpaired) electrons. The van der Waals surface area contributed by atoms with E-state index < -0.39 is 0 Å². The highest BCUT2D eigenvalue weighted by Crippen LogP contribution is 2.26. The third-order valence-electron chi connectivity index (χ3n) is 7.58. The maximum Gasteiger partial charge on any atom is 0.0390 e. The van der Waals surface area contributed by atoms with Crippen molar-refractivity contribution in [2.45, 2.75) is 0 Å². The maximum atomic E-state index is 3.49. The van der Waals surface area contributed by atoms with Crippen LogP contribution in [0.5, 0.6) is 0 Å². The van der Waals surface area contributed by atoms with Crippen molar-refractivity contribution >= 4 is 65.8 Å². The van der Waals surface area contributed by atoms with Crippen LogP contribution in [-0.4, -0.2) is 0 Å². The molecule has 0 atom stereocenters. The summed E-state index contributed by atoms with van der Waals surface area (Å²) in [5.41, 5.74) is 4.46. The molecular weight excluding hydrogens is 508 g/mol. The molecule has 8 rings (SSSR count). The fraction of sp³-hybridized carbons (Fsp3) is 0. The average molecular weight is 539 g/mol. The molecule has 0 bridgehead atoms. The van der Waals surface area contributed by atoms with Gasteiger partial charge in [-0.25, -0.2) is 0 Å². The molecule has 0 saturated carbocycles. The Kier molecular flexibility index (Phi) is 6.94. The predicted octanol–water partition coefficient (Wildman–Crippen LogP) is 11.5. The SMILES string of the molecule is c1ccc2cc(Nc3ccc4ccccc4c3)ccc2c1.c1ccc2cc(Nc3ccc4ccccc4c3)ccc2c1. The minimum absolute atomic E-state index is 1.11. The quantitative estimate of drug-likeness (QED) is 0.233. The van der Waals surface area contributed by atoms with Crippen molar-refractivity contribution in [3.8, 4) is 0 Å². The lowest BCUT2D eigenvalue weighted by atomic mass is 10.1. The van der Waals surface area contributed by atoms with E-state index >= 15 is 0 Å². The number of fused-ring (bicyclic) bond motifs is 4. The normalized spacial score (nSPS) is 10.9. The van der Waals surface area contributed by atoms with E-state index in [1.807, 2.05) is 0 Å². The molecule has 42 heavy (non-hydrogen) atoms. The molecule has 200 valence electrons. The van der Waals surface area contributed by atoms with Gasteiger partial charge in [-0.15, -0.1) is 0 Å². The molecule has 2 heteroatoms. The summed E-state index contributed by atoms with van der Waals surface area (Å²) in [5, 5.41) is 17.0. The molecule has 0 amide bonds. The van der Waals surface area contributed by atoms with Gasteiger partial charge in [0.2, 0.25) is 0 Å². The number of hydrogen-bond donors (Lipinski definition) is 2. The second-order valence-corrected chi connectivity index (χ2v) is 10.5. The lowest BCUT2D eigenvalue weighted by Gasteiger charge is -2.09. The number of rotatable bonds is 4. The molecule has 0 spiro atoms. The van der Waals surface area contributed by atoms with Crippen LogP contribution in [0.15, 0.2) is 170 Å². The van der Waals surface area contributed by atoms with E-state index in [1.54, 1.807) is 0 Å². The number of hydrogen-bond acceptors (Lipinski definition) is 2. The van der Waals surface area contributed by atoms with Gasteiger partial charge in [0.1, 0.15) is 0 Å². The second-order valence-electron chi connectivity index (χ2n) is 10.5. The molecule has 8 aromatic carbocycles. The van der Waals surface area contributed by atoms with Gasteiger partial charge < -0.3 is 10.6 Å². The highest BCUT2D eigenvalue weighted by atomic mass is 14.9. The molecule has 0 aliphatic carbocycles. The molecule has 0 aliphatic heterocycles. The van der Waals surface area contributed by atoms with Gasteiger partial charge in [-0.2, -0.15) is 0 Å². The second kappa shape index (κ2) is 11.5. The average Bonchev–Trinajstić information content (AvgIpc) is 3.05. The first kappa shape index (κ1) is 25.4. The minimum atomic E-state index is 1.11. The maximum absolute atomic E-state index is 3.49. The minimum Gasteiger partial charge on any atom is -0.355 e. The summed E-state index contributed by atoms with van der Waals surface area (Å²) in [6, 6.07) is 59.5. The van der Waals surface area contributed by atoms with E-state index in [2.05, 4.69) is 180 Å². The van der Waals surface area contributed by atoms with Gasteiger partial charge in [0.15, 0.2) is 0 Å². The summed E-state index contributed by atoms with van der Waals surface area (Å²) in [7, 11) is 0. The predicted molar refractivity (Wildman–Crippen MR) is 182 cm³/mol. The summed E-state index contributed by atoms with van der Waals surface area (Å²) >= 11 is 0. The van der Waals surface area contributed by atoms with Gasteiger partial charge in [-0.3, -0.25) is 0 Å². The first-order valence-corrected chi connectivity index (χ1v) is 14.3. The van der Waals surface area contributed by atoms with Crippen molar-refractivity contribution < 1.29 is 0 Å². The van der Waals surface area contributed by atoms with Crippen LogP contribution in [0.2, 0.25) is 0 Å². The molecule has 8 aromatic rings. The Balaban J connectivity index is 0.000000137. The van der Waals surface area contributed by atoms with Crippen LogP contribution in [-0.2, 0) is 0 Å². The zero-order chi connectivity index (χ0) is 28.1. The van der Waals surface area contributed by atoms with Gasteiger partial charge in [0.05, 0.1) is 0 Å². The third-order valence-corrected chi connectivity index (χ3v) is 7.58. The van der Waals surface area contributed by atoms with Gasteiger partial charge >= 0.3 is 0 Å². The standard InChI is InChI=1S/2C20H15N/c2*1-3-7-17-13-19(11-9-15(17)5-1)21-20-12-10-16-6-2-4-8-18(16)14-20/h2*1-14,21H. The molecule has 2 nitrogen and oxygen atoms in total. The Hall–Kier alpha value is -5.60. The Bertz CT molecular complexity index is 1850. The number of benzene rings is 8. The van der Waals surface area contributed by atoms with Crippen molar-refractivity contribution in [3.05, 3.63) is 170 Å². The van der Waals surface area contributed by atoms with Gasteiger partial charge in [0, 0.05) is 22.7 Å². The molecule has 0 aliphatic rings. The fourth-order valence-electron chi connectivity index (χ4n) is 5.40. The Morgan fingerprint density at radius 1 is 0.214 bits per heavy atom. The van der Waals surface area contributed by atoms with E-state index in [1.165, 1.54) is 43.1 Å². The van der Waals surface area contributed by atoms with E-state index in [0.717, 1.165) is 22.7 Å². The summed E-state index contributed by atoms with van der Waals surface area (Å²) in [4.78, 5) is 0. The van der Waals surface area contributed by atoms with Gasteiger partial charge in [-0.05, 0) is 91.6 Å². The van der Waals surface area contributed by atoms with Crippen LogP contribution in [0.1, 0.15) is 0 Å². The largest absolute Gasteiger partial charge is 0.355 e. The molecule has 0 saturated heterocycles. The van der Waals surface area contributed by atoms with Crippen molar-refractivity contribution in [1.29, 1.82) is 0 Å². The van der Waals surface area contributed by atoms with E-state index in [-0.39, 0.29) is 0 Å². The summed E-state index contributed by atoms with van der Waals surface area (Å²) < 4.78 is 0. The first-order chi connectivity index (χ1) is 20.8. The van der Waals surface area contributed by atoms with Crippen LogP contribution in [0.3, 0.4) is 0 Å². The molecule has 2 N–H and O–H groups in total. The van der Waals surface area contributed by atoms with E-state index in [9.17, 15) is 0 Å². The Morgan fingerprint density at radius 3 is 0.667 bits per heavy atom. The van der Waals surface area contributed by atoms with Crippen molar-refractivity contribution in [1.82, 2.24) is 0 Å². The molecular formula is C40H30N2. The van der Waals surface area contributed by atoms with Crippen LogP contribution in [0.4, 0.5) is 22.7 Å². The molecule has 0 heterocycles. The molecule has 0 fully saturated rings. The van der Waals surface area contributed by atoms with Crippen LogP contribution in [0, 0.1) is 0 Å². The smallest absolute Gasteiger partial charge is 0.0390 e. The third kappa shape index (κ3) is 5.65. The summed E-state index contributed by atoms with van der Waals surface area (Å²) in [6.07, 6.45) is 0. The zero-order valence-corrected chi connectivity index (χ0v) is 23.2. The van der Waals surface area contributed by atoms with Gasteiger partial charge in [0.25, 0.3) is 0 Å². The molecule has 0 unspecified atom stereocenters.